The summed E-state index contributed by atoms with van der Waals surface area (Å²) in [6.07, 6.45) is 3.17. The lowest BCUT2D eigenvalue weighted by Crippen LogP contribution is -2.38. The lowest BCUT2D eigenvalue weighted by molar-refractivity contribution is -0.136. The molecule has 0 bridgehead atoms. The fraction of sp³-hybridized carbons (Fsp3) is 0.615. The van der Waals surface area contributed by atoms with Crippen LogP contribution in [0.2, 0.25) is 0 Å². The van der Waals surface area contributed by atoms with Crippen molar-refractivity contribution in [3.05, 3.63) is 11.8 Å². The van der Waals surface area contributed by atoms with Crippen LogP contribution in [0.4, 0.5) is 0 Å². The van der Waals surface area contributed by atoms with Gasteiger partial charge in [0, 0.05) is 25.8 Å². The first kappa shape index (κ1) is 15.0. The Bertz CT molecular complexity index is 404. The maximum atomic E-state index is 12.0. The lowest BCUT2D eigenvalue weighted by Gasteiger charge is -2.30. The Labute approximate surface area is 112 Å². The fourth-order valence-electron chi connectivity index (χ4n) is 1.88. The van der Waals surface area contributed by atoms with E-state index in [4.69, 9.17) is 10.4 Å². The molecule has 0 radical (unpaired) electrons. The standard InChI is InChI=1S/C13H19N3O3/c1-10-3-6-16(7-4-10)13(19)11(8-14)9-15-5-2-12(17)18/h9-10,15H,2-7H2,1H3,(H,17,18)/b11-9-. The van der Waals surface area contributed by atoms with Gasteiger partial charge in [0.2, 0.25) is 0 Å². The topological polar surface area (TPSA) is 93.4 Å². The Kier molecular flexibility index (Phi) is 5.86. The Morgan fingerprint density at radius 2 is 2.11 bits per heavy atom. The molecule has 1 aliphatic heterocycles. The Morgan fingerprint density at radius 1 is 1.47 bits per heavy atom. The zero-order chi connectivity index (χ0) is 14.3. The molecule has 2 N–H and O–H groups in total. The third-order valence-corrected chi connectivity index (χ3v) is 3.15. The number of likely N-dealkylation sites (tertiary alicyclic amines) is 1. The smallest absolute Gasteiger partial charge is 0.305 e. The summed E-state index contributed by atoms with van der Waals surface area (Å²) in [6.45, 7) is 3.70. The number of carbonyl (C=O) groups is 2. The average Bonchev–Trinajstić information content (AvgIpc) is 2.39. The van der Waals surface area contributed by atoms with E-state index in [0.717, 1.165) is 12.8 Å². The van der Waals surface area contributed by atoms with Crippen LogP contribution in [0.15, 0.2) is 11.8 Å². The highest BCUT2D eigenvalue weighted by atomic mass is 16.4. The van der Waals surface area contributed by atoms with E-state index >= 15 is 0 Å². The van der Waals surface area contributed by atoms with Crippen molar-refractivity contribution < 1.29 is 14.7 Å². The number of amides is 1. The second kappa shape index (κ2) is 7.41. The minimum atomic E-state index is -0.921. The van der Waals surface area contributed by atoms with Gasteiger partial charge in [-0.25, -0.2) is 0 Å². The highest BCUT2D eigenvalue weighted by Gasteiger charge is 2.22. The monoisotopic (exact) mass is 265 g/mol. The van der Waals surface area contributed by atoms with E-state index in [2.05, 4.69) is 12.2 Å². The predicted molar refractivity (Wildman–Crippen MR) is 68.9 cm³/mol. The number of carboxylic acid groups (broad SMARTS) is 1. The summed E-state index contributed by atoms with van der Waals surface area (Å²) in [5, 5.41) is 20.1. The van der Waals surface area contributed by atoms with Crippen molar-refractivity contribution in [2.24, 2.45) is 5.92 Å². The Hall–Kier alpha value is -2.03. The molecule has 0 aromatic heterocycles. The maximum Gasteiger partial charge on any atom is 0.305 e. The summed E-state index contributed by atoms with van der Waals surface area (Å²) >= 11 is 0. The quantitative estimate of drug-likeness (QED) is 0.434. The number of carboxylic acids is 1. The van der Waals surface area contributed by atoms with Crippen LogP contribution in [0.5, 0.6) is 0 Å². The largest absolute Gasteiger partial charge is 0.481 e. The number of rotatable bonds is 5. The molecule has 6 nitrogen and oxygen atoms in total. The Balaban J connectivity index is 2.49. The summed E-state index contributed by atoms with van der Waals surface area (Å²) in [6, 6.07) is 1.86. The van der Waals surface area contributed by atoms with E-state index in [1.165, 1.54) is 6.20 Å². The van der Waals surface area contributed by atoms with Crippen LogP contribution < -0.4 is 5.32 Å². The molecular formula is C13H19N3O3. The van der Waals surface area contributed by atoms with Gasteiger partial charge in [0.1, 0.15) is 11.6 Å². The molecule has 0 spiro atoms. The molecular weight excluding hydrogens is 246 g/mol. The van der Waals surface area contributed by atoms with Gasteiger partial charge in [0.15, 0.2) is 0 Å². The average molecular weight is 265 g/mol. The van der Waals surface area contributed by atoms with Crippen LogP contribution in [0.3, 0.4) is 0 Å². The summed E-state index contributed by atoms with van der Waals surface area (Å²) < 4.78 is 0. The van der Waals surface area contributed by atoms with E-state index in [1.807, 2.05) is 6.07 Å². The molecule has 1 saturated heterocycles. The third-order valence-electron chi connectivity index (χ3n) is 3.15. The molecule has 0 aliphatic carbocycles. The van der Waals surface area contributed by atoms with Gasteiger partial charge in [0.05, 0.1) is 6.42 Å². The first-order valence-electron chi connectivity index (χ1n) is 6.39. The number of hydrogen-bond acceptors (Lipinski definition) is 4. The van der Waals surface area contributed by atoms with Crippen molar-refractivity contribution >= 4 is 11.9 Å². The van der Waals surface area contributed by atoms with Crippen molar-refractivity contribution in [3.8, 4) is 6.07 Å². The molecule has 0 atom stereocenters. The van der Waals surface area contributed by atoms with Crippen LogP contribution in [-0.4, -0.2) is 41.5 Å². The second-order valence-electron chi connectivity index (χ2n) is 4.74. The highest BCUT2D eigenvalue weighted by Crippen LogP contribution is 2.17. The minimum Gasteiger partial charge on any atom is -0.481 e. The number of aliphatic carboxylic acids is 1. The number of nitrogens with one attached hydrogen (secondary N) is 1. The Morgan fingerprint density at radius 3 is 2.63 bits per heavy atom. The molecule has 1 aliphatic rings. The molecule has 1 amide bonds. The van der Waals surface area contributed by atoms with Crippen LogP contribution in [-0.2, 0) is 9.59 Å². The summed E-state index contributed by atoms with van der Waals surface area (Å²) in [7, 11) is 0. The number of nitrogens with zero attached hydrogens (tertiary/aromatic N) is 2. The number of nitriles is 1. The van der Waals surface area contributed by atoms with E-state index in [0.29, 0.717) is 19.0 Å². The molecule has 0 saturated carbocycles. The van der Waals surface area contributed by atoms with Crippen molar-refractivity contribution in [1.82, 2.24) is 10.2 Å². The minimum absolute atomic E-state index is 0.0277. The van der Waals surface area contributed by atoms with E-state index < -0.39 is 5.97 Å². The van der Waals surface area contributed by atoms with Gasteiger partial charge >= 0.3 is 5.97 Å². The van der Waals surface area contributed by atoms with Gasteiger partial charge in [-0.15, -0.1) is 0 Å². The summed E-state index contributed by atoms with van der Waals surface area (Å²) in [4.78, 5) is 24.0. The zero-order valence-electron chi connectivity index (χ0n) is 11.1. The maximum absolute atomic E-state index is 12.0. The van der Waals surface area contributed by atoms with Gasteiger partial charge in [0.25, 0.3) is 5.91 Å². The lowest BCUT2D eigenvalue weighted by atomic mass is 9.99. The normalized spacial score (nSPS) is 16.8. The molecule has 1 heterocycles. The first-order valence-corrected chi connectivity index (χ1v) is 6.39. The number of piperidine rings is 1. The van der Waals surface area contributed by atoms with Gasteiger partial charge < -0.3 is 15.3 Å². The van der Waals surface area contributed by atoms with Crippen LogP contribution in [0, 0.1) is 17.2 Å². The highest BCUT2D eigenvalue weighted by molar-refractivity contribution is 5.97. The number of carbonyl (C=O) groups excluding carboxylic acids is 1. The molecule has 0 unspecified atom stereocenters. The van der Waals surface area contributed by atoms with Crippen LogP contribution in [0.1, 0.15) is 26.2 Å². The summed E-state index contributed by atoms with van der Waals surface area (Å²) in [5.74, 6) is -0.583. The molecule has 0 aromatic carbocycles. The van der Waals surface area contributed by atoms with Gasteiger partial charge in [-0.2, -0.15) is 5.26 Å². The first-order chi connectivity index (χ1) is 9.04. The van der Waals surface area contributed by atoms with Gasteiger partial charge in [-0.1, -0.05) is 6.92 Å². The fourth-order valence-corrected chi connectivity index (χ4v) is 1.88. The van der Waals surface area contributed by atoms with E-state index in [-0.39, 0.29) is 24.4 Å². The van der Waals surface area contributed by atoms with E-state index in [9.17, 15) is 9.59 Å². The summed E-state index contributed by atoms with van der Waals surface area (Å²) in [5.41, 5.74) is 0.0277. The molecule has 1 rings (SSSR count). The second-order valence-corrected chi connectivity index (χ2v) is 4.74. The molecule has 6 heteroatoms. The SMILES string of the molecule is CC1CCN(C(=O)/C(C#N)=C\NCCC(=O)O)CC1. The van der Waals surface area contributed by atoms with Crippen LogP contribution >= 0.6 is 0 Å². The molecule has 1 fully saturated rings. The predicted octanol–water partition coefficient (Wildman–Crippen LogP) is 0.717. The zero-order valence-corrected chi connectivity index (χ0v) is 11.1. The molecule has 19 heavy (non-hydrogen) atoms. The van der Waals surface area contributed by atoms with Crippen molar-refractivity contribution in [1.29, 1.82) is 5.26 Å². The number of hydrogen-bond donors (Lipinski definition) is 2. The van der Waals surface area contributed by atoms with Crippen LogP contribution in [0.25, 0.3) is 0 Å². The molecule has 104 valence electrons. The molecule has 0 aromatic rings. The van der Waals surface area contributed by atoms with Gasteiger partial charge in [-0.05, 0) is 18.8 Å². The van der Waals surface area contributed by atoms with E-state index in [1.54, 1.807) is 4.90 Å². The van der Waals surface area contributed by atoms with Gasteiger partial charge in [-0.3, -0.25) is 9.59 Å². The van der Waals surface area contributed by atoms with Crippen molar-refractivity contribution in [2.45, 2.75) is 26.2 Å². The van der Waals surface area contributed by atoms with Crippen molar-refractivity contribution in [3.63, 3.8) is 0 Å². The van der Waals surface area contributed by atoms with Crippen molar-refractivity contribution in [2.75, 3.05) is 19.6 Å². The third kappa shape index (κ3) is 5.00.